The van der Waals surface area contributed by atoms with Crippen LogP contribution in [-0.2, 0) is 9.53 Å². The normalized spacial score (nSPS) is 28.1. The molecule has 0 bridgehead atoms. The first kappa shape index (κ1) is 11.9. The van der Waals surface area contributed by atoms with Gasteiger partial charge in [0.1, 0.15) is 0 Å². The predicted octanol–water partition coefficient (Wildman–Crippen LogP) is 0.623. The largest absolute Gasteiger partial charge is 0.381 e. The minimum absolute atomic E-state index is 0.334. The molecule has 0 aromatic rings. The Morgan fingerprint density at radius 2 is 2.19 bits per heavy atom. The Bertz CT molecular complexity index is 239. The molecule has 2 rings (SSSR count). The van der Waals surface area contributed by atoms with E-state index >= 15 is 0 Å². The number of amides is 1. The van der Waals surface area contributed by atoms with Gasteiger partial charge < -0.3 is 15.0 Å². The van der Waals surface area contributed by atoms with Gasteiger partial charge in [-0.05, 0) is 25.7 Å². The van der Waals surface area contributed by atoms with Crippen LogP contribution in [-0.4, -0.2) is 49.7 Å². The third-order valence-electron chi connectivity index (χ3n) is 3.63. The molecule has 2 aliphatic heterocycles. The monoisotopic (exact) mass is 226 g/mol. The highest BCUT2D eigenvalue weighted by Gasteiger charge is 2.25. The van der Waals surface area contributed by atoms with Gasteiger partial charge in [-0.3, -0.25) is 4.79 Å². The van der Waals surface area contributed by atoms with Gasteiger partial charge in [-0.25, -0.2) is 0 Å². The summed E-state index contributed by atoms with van der Waals surface area (Å²) in [6.07, 6.45) is 2.81. The maximum absolute atomic E-state index is 12.1. The molecule has 4 heteroatoms. The van der Waals surface area contributed by atoms with Crippen LogP contribution < -0.4 is 5.32 Å². The second kappa shape index (κ2) is 5.64. The summed E-state index contributed by atoms with van der Waals surface area (Å²) in [6, 6.07) is 0.348. The first-order valence-corrected chi connectivity index (χ1v) is 6.35. The van der Waals surface area contributed by atoms with E-state index in [1.165, 1.54) is 0 Å². The van der Waals surface area contributed by atoms with E-state index < -0.39 is 0 Å². The van der Waals surface area contributed by atoms with Gasteiger partial charge >= 0.3 is 0 Å². The van der Waals surface area contributed by atoms with Crippen LogP contribution in [0.15, 0.2) is 0 Å². The zero-order chi connectivity index (χ0) is 11.4. The van der Waals surface area contributed by atoms with Crippen LogP contribution >= 0.6 is 0 Å². The molecule has 2 heterocycles. The second-order valence-corrected chi connectivity index (χ2v) is 4.90. The molecule has 0 aromatic heterocycles. The maximum atomic E-state index is 12.1. The Morgan fingerprint density at radius 1 is 1.44 bits per heavy atom. The quantitative estimate of drug-likeness (QED) is 0.750. The number of nitrogens with zero attached hydrogens (tertiary/aromatic N) is 1. The molecule has 1 N–H and O–H groups in total. The highest BCUT2D eigenvalue weighted by atomic mass is 16.5. The van der Waals surface area contributed by atoms with Crippen molar-refractivity contribution in [3.63, 3.8) is 0 Å². The van der Waals surface area contributed by atoms with E-state index in [2.05, 4.69) is 12.2 Å². The first-order valence-electron chi connectivity index (χ1n) is 6.35. The molecular formula is C12H22N2O2. The Morgan fingerprint density at radius 3 is 2.88 bits per heavy atom. The first-order chi connectivity index (χ1) is 7.77. The SMILES string of the molecule is CC1CNCCN1C(=O)CC1CCOCC1. The van der Waals surface area contributed by atoms with E-state index in [0.717, 1.165) is 45.7 Å². The topological polar surface area (TPSA) is 41.6 Å². The second-order valence-electron chi connectivity index (χ2n) is 4.90. The molecule has 0 aliphatic carbocycles. The van der Waals surface area contributed by atoms with Crippen LogP contribution in [0.2, 0.25) is 0 Å². The summed E-state index contributed by atoms with van der Waals surface area (Å²) in [7, 11) is 0. The minimum atomic E-state index is 0.334. The van der Waals surface area contributed by atoms with Crippen molar-refractivity contribution >= 4 is 5.91 Å². The summed E-state index contributed by atoms with van der Waals surface area (Å²) >= 11 is 0. The lowest BCUT2D eigenvalue weighted by atomic mass is 9.95. The van der Waals surface area contributed by atoms with Gasteiger partial charge in [-0.15, -0.1) is 0 Å². The highest BCUT2D eigenvalue weighted by molar-refractivity contribution is 5.77. The van der Waals surface area contributed by atoms with Gasteiger partial charge in [0.2, 0.25) is 5.91 Å². The molecule has 1 amide bonds. The van der Waals surface area contributed by atoms with Crippen molar-refractivity contribution < 1.29 is 9.53 Å². The van der Waals surface area contributed by atoms with Gasteiger partial charge in [-0.2, -0.15) is 0 Å². The van der Waals surface area contributed by atoms with Crippen LogP contribution in [0.1, 0.15) is 26.2 Å². The summed E-state index contributed by atoms with van der Waals surface area (Å²) in [5, 5.41) is 3.31. The fourth-order valence-corrected chi connectivity index (χ4v) is 2.53. The van der Waals surface area contributed by atoms with Gasteiger partial charge in [0.15, 0.2) is 0 Å². The molecule has 1 unspecified atom stereocenters. The van der Waals surface area contributed by atoms with Crippen molar-refractivity contribution in [3.05, 3.63) is 0 Å². The molecule has 2 saturated heterocycles. The Hall–Kier alpha value is -0.610. The highest BCUT2D eigenvalue weighted by Crippen LogP contribution is 2.20. The molecule has 92 valence electrons. The molecule has 2 aliphatic rings. The molecule has 1 atom stereocenters. The number of ether oxygens (including phenoxy) is 1. The van der Waals surface area contributed by atoms with E-state index in [1.54, 1.807) is 0 Å². The Labute approximate surface area is 97.3 Å². The standard InChI is InChI=1S/C12H22N2O2/c1-10-9-13-4-5-14(10)12(15)8-11-2-6-16-7-3-11/h10-11,13H,2-9H2,1H3. The number of hydrogen-bond donors (Lipinski definition) is 1. The molecule has 0 aromatic carbocycles. The average molecular weight is 226 g/mol. The summed E-state index contributed by atoms with van der Waals surface area (Å²) in [5.74, 6) is 0.879. The Balaban J connectivity index is 1.81. The summed E-state index contributed by atoms with van der Waals surface area (Å²) in [5.41, 5.74) is 0. The minimum Gasteiger partial charge on any atom is -0.381 e. The van der Waals surface area contributed by atoms with Crippen molar-refractivity contribution in [2.45, 2.75) is 32.2 Å². The van der Waals surface area contributed by atoms with Crippen LogP contribution in [0.3, 0.4) is 0 Å². The van der Waals surface area contributed by atoms with E-state index in [4.69, 9.17) is 4.74 Å². The lowest BCUT2D eigenvalue weighted by Gasteiger charge is -2.35. The van der Waals surface area contributed by atoms with Gasteiger partial charge in [0.25, 0.3) is 0 Å². The lowest BCUT2D eigenvalue weighted by Crippen LogP contribution is -2.52. The molecule has 16 heavy (non-hydrogen) atoms. The molecule has 0 radical (unpaired) electrons. The number of carbonyl (C=O) groups excluding carboxylic acids is 1. The zero-order valence-corrected chi connectivity index (χ0v) is 10.1. The van der Waals surface area contributed by atoms with Gasteiger partial charge in [0.05, 0.1) is 0 Å². The van der Waals surface area contributed by atoms with Crippen molar-refractivity contribution in [2.75, 3.05) is 32.8 Å². The van der Waals surface area contributed by atoms with E-state index in [9.17, 15) is 4.79 Å². The molecule has 4 nitrogen and oxygen atoms in total. The van der Waals surface area contributed by atoms with E-state index in [1.807, 2.05) is 4.90 Å². The number of rotatable bonds is 2. The summed E-state index contributed by atoms with van der Waals surface area (Å²) < 4.78 is 5.31. The fraction of sp³-hybridized carbons (Fsp3) is 0.917. The van der Waals surface area contributed by atoms with Crippen molar-refractivity contribution in [1.82, 2.24) is 10.2 Å². The van der Waals surface area contributed by atoms with Crippen LogP contribution in [0.25, 0.3) is 0 Å². The summed E-state index contributed by atoms with van der Waals surface area (Å²) in [4.78, 5) is 14.2. The predicted molar refractivity (Wildman–Crippen MR) is 62.2 cm³/mol. The van der Waals surface area contributed by atoms with Crippen LogP contribution in [0, 0.1) is 5.92 Å². The Kier molecular flexibility index (Phi) is 4.18. The van der Waals surface area contributed by atoms with Gasteiger partial charge in [0, 0.05) is 45.3 Å². The molecule has 0 saturated carbocycles. The van der Waals surface area contributed by atoms with Crippen LogP contribution in [0.5, 0.6) is 0 Å². The molecular weight excluding hydrogens is 204 g/mol. The number of hydrogen-bond acceptors (Lipinski definition) is 3. The van der Waals surface area contributed by atoms with E-state index in [0.29, 0.717) is 24.3 Å². The lowest BCUT2D eigenvalue weighted by molar-refractivity contribution is -0.135. The third-order valence-corrected chi connectivity index (χ3v) is 3.63. The maximum Gasteiger partial charge on any atom is 0.223 e. The van der Waals surface area contributed by atoms with E-state index in [-0.39, 0.29) is 0 Å². The van der Waals surface area contributed by atoms with Crippen molar-refractivity contribution in [2.24, 2.45) is 5.92 Å². The number of carbonyl (C=O) groups is 1. The third kappa shape index (κ3) is 2.95. The van der Waals surface area contributed by atoms with Crippen LogP contribution in [0.4, 0.5) is 0 Å². The zero-order valence-electron chi connectivity index (χ0n) is 10.1. The molecule has 0 spiro atoms. The molecule has 2 fully saturated rings. The average Bonchev–Trinajstić information content (AvgIpc) is 2.31. The number of piperazine rings is 1. The van der Waals surface area contributed by atoms with Gasteiger partial charge in [-0.1, -0.05) is 0 Å². The fourth-order valence-electron chi connectivity index (χ4n) is 2.53. The van der Waals surface area contributed by atoms with Crippen molar-refractivity contribution in [1.29, 1.82) is 0 Å². The van der Waals surface area contributed by atoms with Crippen molar-refractivity contribution in [3.8, 4) is 0 Å². The smallest absolute Gasteiger partial charge is 0.223 e. The number of nitrogens with one attached hydrogen (secondary N) is 1. The summed E-state index contributed by atoms with van der Waals surface area (Å²) in [6.45, 7) is 6.50.